The van der Waals surface area contributed by atoms with E-state index in [1.807, 2.05) is 0 Å². The Labute approximate surface area is 79.6 Å². The molecule has 0 saturated carbocycles. The van der Waals surface area contributed by atoms with E-state index < -0.39 is 30.8 Å². The summed E-state index contributed by atoms with van der Waals surface area (Å²) >= 11 is 0. The lowest BCUT2D eigenvalue weighted by molar-refractivity contribution is -0.130. The van der Waals surface area contributed by atoms with Crippen LogP contribution in [0, 0.1) is 0 Å². The summed E-state index contributed by atoms with van der Waals surface area (Å²) in [6.07, 6.45) is 0. The Morgan fingerprint density at radius 2 is 1.79 bits per heavy atom. The number of rotatable bonds is 4. The molecule has 0 fully saturated rings. The molecule has 0 radical (unpaired) electrons. The molecule has 0 aromatic carbocycles. The lowest BCUT2D eigenvalue weighted by Gasteiger charge is -2.08. The van der Waals surface area contributed by atoms with Gasteiger partial charge >= 0.3 is 13.6 Å². The van der Waals surface area contributed by atoms with E-state index in [9.17, 15) is 14.2 Å². The monoisotopic (exact) mass is 223 g/mol. The van der Waals surface area contributed by atoms with Crippen LogP contribution in [0.15, 0.2) is 4.99 Å². The van der Waals surface area contributed by atoms with Gasteiger partial charge in [-0.25, -0.2) is 4.79 Å². The van der Waals surface area contributed by atoms with Crippen LogP contribution in [-0.2, 0) is 14.2 Å². The van der Waals surface area contributed by atoms with Crippen molar-refractivity contribution in [1.29, 1.82) is 0 Å². The van der Waals surface area contributed by atoms with Crippen molar-refractivity contribution in [2.75, 3.05) is 0 Å². The third-order valence-electron chi connectivity index (χ3n) is 1.34. The zero-order chi connectivity index (χ0) is 11.5. The molecular formula is C6H10NO6P. The molecule has 14 heavy (non-hydrogen) atoms. The van der Waals surface area contributed by atoms with E-state index in [0.29, 0.717) is 0 Å². The molecule has 1 unspecified atom stereocenters. The van der Waals surface area contributed by atoms with Crippen molar-refractivity contribution in [2.45, 2.75) is 19.6 Å². The van der Waals surface area contributed by atoms with Gasteiger partial charge in [0.05, 0.1) is 0 Å². The molecule has 8 heteroatoms. The van der Waals surface area contributed by atoms with Crippen LogP contribution in [0.25, 0.3) is 0 Å². The summed E-state index contributed by atoms with van der Waals surface area (Å²) in [5, 5.41) is 8.45. The number of Topliss-reactive ketones (excluding diaryl/α,β-unsaturated/α-hetero) is 1. The Morgan fingerprint density at radius 3 is 2.00 bits per heavy atom. The molecular weight excluding hydrogens is 213 g/mol. The highest BCUT2D eigenvalue weighted by atomic mass is 31.2. The molecule has 0 bridgehead atoms. The number of nitrogens with zero attached hydrogens (tertiary/aromatic N) is 1. The first kappa shape index (κ1) is 13.0. The van der Waals surface area contributed by atoms with Crippen LogP contribution in [0.2, 0.25) is 0 Å². The van der Waals surface area contributed by atoms with Gasteiger partial charge in [0.15, 0.2) is 11.5 Å². The van der Waals surface area contributed by atoms with Gasteiger partial charge in [0.25, 0.3) is 0 Å². The molecule has 0 aromatic heterocycles. The number of hydrogen-bond donors (Lipinski definition) is 3. The Morgan fingerprint density at radius 1 is 1.36 bits per heavy atom. The van der Waals surface area contributed by atoms with Crippen molar-refractivity contribution in [2.24, 2.45) is 4.99 Å². The second kappa shape index (κ2) is 4.45. The van der Waals surface area contributed by atoms with Gasteiger partial charge in [-0.15, -0.1) is 0 Å². The summed E-state index contributed by atoms with van der Waals surface area (Å²) in [5.41, 5.74) is -0.860. The molecule has 7 nitrogen and oxygen atoms in total. The van der Waals surface area contributed by atoms with Crippen LogP contribution in [0.5, 0.6) is 0 Å². The molecule has 0 spiro atoms. The van der Waals surface area contributed by atoms with E-state index in [4.69, 9.17) is 14.9 Å². The Bertz CT molecular complexity index is 313. The van der Waals surface area contributed by atoms with Crippen molar-refractivity contribution < 1.29 is 29.0 Å². The van der Waals surface area contributed by atoms with Crippen molar-refractivity contribution in [1.82, 2.24) is 0 Å². The first-order chi connectivity index (χ1) is 6.16. The van der Waals surface area contributed by atoms with Crippen LogP contribution in [0.4, 0.5) is 0 Å². The van der Waals surface area contributed by atoms with Crippen molar-refractivity contribution in [3.8, 4) is 0 Å². The van der Waals surface area contributed by atoms with Gasteiger partial charge in [0.1, 0.15) is 5.78 Å². The SMILES string of the molecule is CC(=O)/C(=N/C(C)P(=O)(O)O)C(=O)O. The minimum atomic E-state index is -4.49. The molecule has 80 valence electrons. The fourth-order valence-corrected chi connectivity index (χ4v) is 0.825. The quantitative estimate of drug-likeness (QED) is 0.339. The highest BCUT2D eigenvalue weighted by molar-refractivity contribution is 7.52. The number of ketones is 1. The molecule has 0 heterocycles. The number of carboxylic acid groups (broad SMARTS) is 1. The molecule has 0 aliphatic rings. The van der Waals surface area contributed by atoms with E-state index >= 15 is 0 Å². The second-order valence-corrected chi connectivity index (χ2v) is 4.49. The van der Waals surface area contributed by atoms with E-state index in [0.717, 1.165) is 13.8 Å². The van der Waals surface area contributed by atoms with Gasteiger partial charge in [-0.1, -0.05) is 0 Å². The number of aliphatic carboxylic acids is 1. The summed E-state index contributed by atoms with van der Waals surface area (Å²) in [6, 6.07) is 0. The zero-order valence-electron chi connectivity index (χ0n) is 7.54. The highest BCUT2D eigenvalue weighted by Gasteiger charge is 2.26. The minimum absolute atomic E-state index is 0.849. The average molecular weight is 223 g/mol. The maximum absolute atomic E-state index is 10.7. The summed E-state index contributed by atoms with van der Waals surface area (Å²) < 4.78 is 10.6. The van der Waals surface area contributed by atoms with Gasteiger partial charge in [-0.3, -0.25) is 14.4 Å². The van der Waals surface area contributed by atoms with E-state index in [2.05, 4.69) is 4.99 Å². The maximum atomic E-state index is 10.7. The van der Waals surface area contributed by atoms with E-state index in [-0.39, 0.29) is 0 Å². The van der Waals surface area contributed by atoms with Gasteiger partial charge in [0, 0.05) is 6.92 Å². The van der Waals surface area contributed by atoms with Crippen LogP contribution in [0.1, 0.15) is 13.8 Å². The number of aliphatic imine (C=N–C) groups is 1. The van der Waals surface area contributed by atoms with Crippen molar-refractivity contribution >= 4 is 25.1 Å². The van der Waals surface area contributed by atoms with Crippen LogP contribution >= 0.6 is 7.60 Å². The average Bonchev–Trinajstić information content (AvgIpc) is 1.96. The Balaban J connectivity index is 5.04. The van der Waals surface area contributed by atoms with Crippen molar-refractivity contribution in [3.63, 3.8) is 0 Å². The molecule has 3 N–H and O–H groups in total. The second-order valence-electron chi connectivity index (χ2n) is 2.56. The topological polar surface area (TPSA) is 124 Å². The van der Waals surface area contributed by atoms with Gasteiger partial charge in [-0.2, -0.15) is 0 Å². The summed E-state index contributed by atoms with van der Waals surface area (Å²) in [4.78, 5) is 41.4. The normalized spacial score (nSPS) is 15.0. The fraction of sp³-hybridized carbons (Fsp3) is 0.500. The largest absolute Gasteiger partial charge is 0.476 e. The number of carbonyl (C=O) groups excluding carboxylic acids is 1. The van der Waals surface area contributed by atoms with Gasteiger partial charge in [-0.05, 0) is 6.92 Å². The maximum Gasteiger partial charge on any atom is 0.357 e. The van der Waals surface area contributed by atoms with E-state index in [1.54, 1.807) is 0 Å². The highest BCUT2D eigenvalue weighted by Crippen LogP contribution is 2.41. The zero-order valence-corrected chi connectivity index (χ0v) is 8.43. The molecule has 0 rings (SSSR count). The first-order valence-corrected chi connectivity index (χ1v) is 5.21. The summed E-state index contributed by atoms with van der Waals surface area (Å²) in [6.45, 7) is 1.99. The molecule has 0 saturated heterocycles. The minimum Gasteiger partial charge on any atom is -0.476 e. The predicted octanol–water partition coefficient (Wildman–Crippen LogP) is -0.375. The molecule has 0 aliphatic carbocycles. The third-order valence-corrected chi connectivity index (χ3v) is 2.43. The number of hydrogen-bond acceptors (Lipinski definition) is 4. The lowest BCUT2D eigenvalue weighted by atomic mass is 10.3. The van der Waals surface area contributed by atoms with Crippen LogP contribution < -0.4 is 0 Å². The Hall–Kier alpha value is -1.04. The molecule has 0 aromatic rings. The number of carboxylic acids is 1. The van der Waals surface area contributed by atoms with Crippen LogP contribution in [-0.4, -0.2) is 38.1 Å². The van der Waals surface area contributed by atoms with Gasteiger partial charge < -0.3 is 14.9 Å². The van der Waals surface area contributed by atoms with E-state index in [1.165, 1.54) is 0 Å². The fourth-order valence-electron chi connectivity index (χ4n) is 0.559. The smallest absolute Gasteiger partial charge is 0.357 e. The number of carbonyl (C=O) groups is 2. The lowest BCUT2D eigenvalue weighted by Crippen LogP contribution is -2.23. The summed E-state index contributed by atoms with van der Waals surface area (Å²) in [7, 11) is -4.49. The van der Waals surface area contributed by atoms with Gasteiger partial charge in [0.2, 0.25) is 0 Å². The Kier molecular flexibility index (Phi) is 4.12. The standard InChI is InChI=1S/C6H10NO6P/c1-3(8)5(6(9)10)7-4(2)14(11,12)13/h4H,1-2H3,(H,9,10)(H2,11,12,13)/b7-5-. The predicted molar refractivity (Wildman–Crippen MR) is 47.3 cm³/mol. The molecule has 0 amide bonds. The van der Waals surface area contributed by atoms with Crippen molar-refractivity contribution in [3.05, 3.63) is 0 Å². The first-order valence-electron chi connectivity index (χ1n) is 3.53. The molecule has 1 atom stereocenters. The molecule has 0 aliphatic heterocycles. The summed E-state index contributed by atoms with van der Waals surface area (Å²) in [5.74, 6) is -3.98. The van der Waals surface area contributed by atoms with Crippen LogP contribution in [0.3, 0.4) is 0 Å². The third kappa shape index (κ3) is 3.78.